The van der Waals surface area contributed by atoms with Crippen molar-refractivity contribution >= 4 is 0 Å². The second-order valence-corrected chi connectivity index (χ2v) is 6.58. The van der Waals surface area contributed by atoms with Crippen molar-refractivity contribution in [2.75, 3.05) is 26.8 Å². The van der Waals surface area contributed by atoms with Crippen LogP contribution in [0.4, 0.5) is 0 Å². The van der Waals surface area contributed by atoms with Crippen LogP contribution in [0.3, 0.4) is 0 Å². The predicted octanol–water partition coefficient (Wildman–Crippen LogP) is 3.41. The van der Waals surface area contributed by atoms with Crippen molar-refractivity contribution in [1.82, 2.24) is 4.90 Å². The minimum atomic E-state index is -0.477. The first kappa shape index (κ1) is 17.9. The Hall–Kier alpha value is -1.88. The van der Waals surface area contributed by atoms with Gasteiger partial charge >= 0.3 is 0 Å². The lowest BCUT2D eigenvalue weighted by atomic mass is 10.0. The Morgan fingerprint density at radius 1 is 1.16 bits per heavy atom. The van der Waals surface area contributed by atoms with Gasteiger partial charge in [-0.2, -0.15) is 0 Å². The number of hydrogen-bond acceptors (Lipinski definition) is 4. The third kappa shape index (κ3) is 5.05. The van der Waals surface area contributed by atoms with Crippen LogP contribution in [0.1, 0.15) is 30.0 Å². The van der Waals surface area contributed by atoms with Crippen molar-refractivity contribution in [2.45, 2.75) is 31.6 Å². The molecule has 1 aliphatic heterocycles. The number of nitrogens with zero attached hydrogens (tertiary/aromatic N) is 1. The summed E-state index contributed by atoms with van der Waals surface area (Å²) < 4.78 is 10.9. The first-order valence-electron chi connectivity index (χ1n) is 8.94. The summed E-state index contributed by atoms with van der Waals surface area (Å²) in [5, 5.41) is 10.4. The van der Waals surface area contributed by atoms with Crippen molar-refractivity contribution < 1.29 is 14.6 Å². The van der Waals surface area contributed by atoms with Gasteiger partial charge in [-0.15, -0.1) is 0 Å². The van der Waals surface area contributed by atoms with Gasteiger partial charge in [-0.3, -0.25) is 4.90 Å². The third-order valence-corrected chi connectivity index (χ3v) is 4.71. The molecule has 0 bridgehead atoms. The topological polar surface area (TPSA) is 41.9 Å². The number of methoxy groups -OCH3 is 1. The lowest BCUT2D eigenvalue weighted by Gasteiger charge is -2.27. The summed E-state index contributed by atoms with van der Waals surface area (Å²) in [6, 6.07) is 18.8. The van der Waals surface area contributed by atoms with E-state index in [1.165, 1.54) is 12.0 Å². The van der Waals surface area contributed by atoms with Crippen molar-refractivity contribution in [1.29, 1.82) is 0 Å². The Kier molecular flexibility index (Phi) is 6.45. The fourth-order valence-corrected chi connectivity index (χ4v) is 3.50. The van der Waals surface area contributed by atoms with Crippen molar-refractivity contribution in [3.8, 4) is 5.75 Å². The van der Waals surface area contributed by atoms with Gasteiger partial charge in [-0.25, -0.2) is 0 Å². The molecule has 4 nitrogen and oxygen atoms in total. The van der Waals surface area contributed by atoms with Crippen LogP contribution >= 0.6 is 0 Å². The van der Waals surface area contributed by atoms with Gasteiger partial charge in [-0.05, 0) is 42.6 Å². The highest BCUT2D eigenvalue weighted by atomic mass is 16.5. The van der Waals surface area contributed by atoms with E-state index < -0.39 is 6.10 Å². The van der Waals surface area contributed by atoms with Crippen molar-refractivity contribution in [3.05, 3.63) is 65.7 Å². The highest BCUT2D eigenvalue weighted by Gasteiger charge is 2.27. The van der Waals surface area contributed by atoms with Crippen LogP contribution in [0.15, 0.2) is 54.6 Å². The Morgan fingerprint density at radius 3 is 2.80 bits per heavy atom. The third-order valence-electron chi connectivity index (χ3n) is 4.71. The van der Waals surface area contributed by atoms with Gasteiger partial charge in [0.2, 0.25) is 0 Å². The Bertz CT molecular complexity index is 647. The SMILES string of the molecule is COc1cccc(COCC(O)CN2CCCC2c2ccccc2)c1. The molecule has 0 amide bonds. The first-order chi connectivity index (χ1) is 12.3. The van der Waals surface area contributed by atoms with Gasteiger partial charge in [-0.1, -0.05) is 42.5 Å². The molecule has 4 heteroatoms. The Labute approximate surface area is 150 Å². The van der Waals surface area contributed by atoms with E-state index in [0.29, 0.717) is 25.8 Å². The maximum absolute atomic E-state index is 10.4. The van der Waals surface area contributed by atoms with Gasteiger partial charge in [0.25, 0.3) is 0 Å². The summed E-state index contributed by atoms with van der Waals surface area (Å²) in [6.45, 7) is 2.51. The standard InChI is InChI=1S/C21H27NO3/c1-24-20-10-5-7-17(13-20)15-25-16-19(23)14-22-12-6-11-21(22)18-8-3-2-4-9-18/h2-5,7-10,13,19,21,23H,6,11-12,14-16H2,1H3. The highest BCUT2D eigenvalue weighted by molar-refractivity contribution is 5.27. The molecule has 0 saturated carbocycles. The molecule has 1 N–H and O–H groups in total. The second-order valence-electron chi connectivity index (χ2n) is 6.58. The number of β-amino-alcohol motifs (C(OH)–C–C–N with tert-alkyl or cyclic N) is 1. The Morgan fingerprint density at radius 2 is 2.00 bits per heavy atom. The molecule has 1 aliphatic rings. The zero-order chi connectivity index (χ0) is 17.5. The lowest BCUT2D eigenvalue weighted by Crippen LogP contribution is -2.34. The average molecular weight is 341 g/mol. The molecular weight excluding hydrogens is 314 g/mol. The number of hydrogen-bond donors (Lipinski definition) is 1. The predicted molar refractivity (Wildman–Crippen MR) is 98.6 cm³/mol. The zero-order valence-electron chi connectivity index (χ0n) is 14.8. The number of likely N-dealkylation sites (tertiary alicyclic amines) is 1. The minimum Gasteiger partial charge on any atom is -0.497 e. The van der Waals surface area contributed by atoms with E-state index in [2.05, 4.69) is 29.2 Å². The maximum atomic E-state index is 10.4. The Balaban J connectivity index is 1.46. The van der Waals surface area contributed by atoms with E-state index in [9.17, 15) is 5.11 Å². The molecule has 1 saturated heterocycles. The number of aliphatic hydroxyl groups is 1. The minimum absolute atomic E-state index is 0.342. The number of aliphatic hydroxyl groups excluding tert-OH is 1. The van der Waals surface area contributed by atoms with Crippen LogP contribution in [0.2, 0.25) is 0 Å². The van der Waals surface area contributed by atoms with E-state index >= 15 is 0 Å². The zero-order valence-corrected chi connectivity index (χ0v) is 14.8. The van der Waals surface area contributed by atoms with Gasteiger partial charge in [0.1, 0.15) is 5.75 Å². The molecule has 25 heavy (non-hydrogen) atoms. The monoisotopic (exact) mass is 341 g/mol. The summed E-state index contributed by atoms with van der Waals surface area (Å²) in [5.41, 5.74) is 2.39. The van der Waals surface area contributed by atoms with E-state index in [1.807, 2.05) is 30.3 Å². The second kappa shape index (κ2) is 8.99. The van der Waals surface area contributed by atoms with Crippen LogP contribution in [0.5, 0.6) is 5.75 Å². The summed E-state index contributed by atoms with van der Waals surface area (Å²) in [4.78, 5) is 2.37. The maximum Gasteiger partial charge on any atom is 0.119 e. The summed E-state index contributed by atoms with van der Waals surface area (Å²) >= 11 is 0. The quantitative estimate of drug-likeness (QED) is 0.799. The molecule has 3 rings (SSSR count). The van der Waals surface area contributed by atoms with E-state index in [0.717, 1.165) is 24.3 Å². The molecule has 2 unspecified atom stereocenters. The van der Waals surface area contributed by atoms with Gasteiger partial charge in [0.05, 0.1) is 26.4 Å². The molecule has 1 fully saturated rings. The van der Waals surface area contributed by atoms with E-state index in [-0.39, 0.29) is 0 Å². The van der Waals surface area contributed by atoms with Gasteiger partial charge < -0.3 is 14.6 Å². The number of rotatable bonds is 8. The van der Waals surface area contributed by atoms with Gasteiger partial charge in [0.15, 0.2) is 0 Å². The molecule has 2 atom stereocenters. The van der Waals surface area contributed by atoms with Crippen molar-refractivity contribution in [2.24, 2.45) is 0 Å². The largest absolute Gasteiger partial charge is 0.497 e. The lowest BCUT2D eigenvalue weighted by molar-refractivity contribution is 0.00768. The molecule has 0 aliphatic carbocycles. The van der Waals surface area contributed by atoms with E-state index in [4.69, 9.17) is 9.47 Å². The molecule has 2 aromatic rings. The normalized spacial score (nSPS) is 19.0. The van der Waals surface area contributed by atoms with Crippen molar-refractivity contribution in [3.63, 3.8) is 0 Å². The molecule has 0 aromatic heterocycles. The van der Waals surface area contributed by atoms with Crippen LogP contribution in [0.25, 0.3) is 0 Å². The van der Waals surface area contributed by atoms with Crippen LogP contribution in [0, 0.1) is 0 Å². The summed E-state index contributed by atoms with van der Waals surface area (Å²) in [7, 11) is 1.66. The summed E-state index contributed by atoms with van der Waals surface area (Å²) in [5.74, 6) is 0.824. The molecule has 2 aromatic carbocycles. The van der Waals surface area contributed by atoms with E-state index in [1.54, 1.807) is 7.11 Å². The first-order valence-corrected chi connectivity index (χ1v) is 8.94. The van der Waals surface area contributed by atoms with Crippen LogP contribution < -0.4 is 4.74 Å². The molecule has 134 valence electrons. The molecule has 1 heterocycles. The van der Waals surface area contributed by atoms with Crippen LogP contribution in [-0.4, -0.2) is 42.9 Å². The molecule has 0 spiro atoms. The number of benzene rings is 2. The average Bonchev–Trinajstić information content (AvgIpc) is 3.10. The fraction of sp³-hybridized carbons (Fsp3) is 0.429. The number of ether oxygens (including phenoxy) is 2. The molecule has 0 radical (unpaired) electrons. The fourth-order valence-electron chi connectivity index (χ4n) is 3.50. The van der Waals surface area contributed by atoms with Crippen LogP contribution in [-0.2, 0) is 11.3 Å². The highest BCUT2D eigenvalue weighted by Crippen LogP contribution is 2.31. The van der Waals surface area contributed by atoms with Gasteiger partial charge in [0, 0.05) is 12.6 Å². The smallest absolute Gasteiger partial charge is 0.119 e. The molecular formula is C21H27NO3. The summed E-state index contributed by atoms with van der Waals surface area (Å²) in [6.07, 6.45) is 1.85.